The lowest BCUT2D eigenvalue weighted by Gasteiger charge is -2.12. The molecule has 0 aliphatic heterocycles. The molecule has 0 fully saturated rings. The zero-order valence-corrected chi connectivity index (χ0v) is 9.46. The highest BCUT2D eigenvalue weighted by atomic mass is 19.4. The second-order valence-electron chi connectivity index (χ2n) is 3.61. The second kappa shape index (κ2) is 5.09. The van der Waals surface area contributed by atoms with Gasteiger partial charge in [-0.1, -0.05) is 23.4 Å². The van der Waals surface area contributed by atoms with E-state index >= 15 is 0 Å². The van der Waals surface area contributed by atoms with E-state index in [9.17, 15) is 18.0 Å². The number of benzene rings is 1. The van der Waals surface area contributed by atoms with Crippen LogP contribution in [-0.2, 0) is 6.54 Å². The molecule has 0 aliphatic carbocycles. The van der Waals surface area contributed by atoms with Crippen molar-refractivity contribution in [3.63, 3.8) is 0 Å². The first-order valence-electron chi connectivity index (χ1n) is 5.17. The van der Waals surface area contributed by atoms with Gasteiger partial charge in [0, 0.05) is 5.56 Å². The molecule has 2 rings (SSSR count). The minimum atomic E-state index is -4.76. The molecule has 0 saturated heterocycles. The van der Waals surface area contributed by atoms with Crippen molar-refractivity contribution in [2.75, 3.05) is 0 Å². The number of carbonyl (C=O) groups is 1. The molecule has 0 unspecified atom stereocenters. The van der Waals surface area contributed by atoms with Crippen molar-refractivity contribution >= 4 is 6.29 Å². The summed E-state index contributed by atoms with van der Waals surface area (Å²) in [5.41, 5.74) is 0.386. The van der Waals surface area contributed by atoms with Gasteiger partial charge in [0.15, 0.2) is 6.29 Å². The predicted molar refractivity (Wildman–Crippen MR) is 57.6 cm³/mol. The normalized spacial score (nSPS) is 11.3. The summed E-state index contributed by atoms with van der Waals surface area (Å²) in [6, 6.07) is 5.70. The van der Waals surface area contributed by atoms with Gasteiger partial charge in [0.2, 0.25) is 0 Å². The summed E-state index contributed by atoms with van der Waals surface area (Å²) in [7, 11) is 0. The van der Waals surface area contributed by atoms with E-state index < -0.39 is 6.36 Å². The van der Waals surface area contributed by atoms with Crippen molar-refractivity contribution in [1.82, 2.24) is 15.0 Å². The fourth-order valence-electron chi connectivity index (χ4n) is 1.48. The molecule has 100 valence electrons. The Labute approximate surface area is 105 Å². The molecular formula is C11H8F3N3O2. The summed E-state index contributed by atoms with van der Waals surface area (Å²) >= 11 is 0. The molecule has 0 radical (unpaired) electrons. The number of carbonyl (C=O) groups excluding carboxylic acids is 1. The average molecular weight is 271 g/mol. The van der Waals surface area contributed by atoms with Gasteiger partial charge in [0.25, 0.3) is 0 Å². The summed E-state index contributed by atoms with van der Waals surface area (Å²) < 4.78 is 41.8. The predicted octanol–water partition coefficient (Wildman–Crippen LogP) is 2.04. The van der Waals surface area contributed by atoms with E-state index in [4.69, 9.17) is 0 Å². The van der Waals surface area contributed by atoms with E-state index in [0.717, 1.165) is 0 Å². The number of aromatic nitrogens is 3. The van der Waals surface area contributed by atoms with Crippen molar-refractivity contribution in [3.05, 3.63) is 41.7 Å². The SMILES string of the molecule is O=Cc1cn(Cc2ccccc2OC(F)(F)F)nn1. The Morgan fingerprint density at radius 1 is 1.32 bits per heavy atom. The lowest BCUT2D eigenvalue weighted by atomic mass is 10.2. The number of rotatable bonds is 4. The maximum Gasteiger partial charge on any atom is 0.573 e. The van der Waals surface area contributed by atoms with Crippen LogP contribution < -0.4 is 4.74 Å². The van der Waals surface area contributed by atoms with Crippen LogP contribution in [0.25, 0.3) is 0 Å². The molecule has 1 aromatic heterocycles. The fourth-order valence-corrected chi connectivity index (χ4v) is 1.48. The zero-order valence-electron chi connectivity index (χ0n) is 9.46. The fraction of sp³-hybridized carbons (Fsp3) is 0.182. The minimum absolute atomic E-state index is 0.0209. The van der Waals surface area contributed by atoms with Crippen LogP contribution in [-0.4, -0.2) is 27.6 Å². The summed E-state index contributed by atoms with van der Waals surface area (Å²) in [5.74, 6) is -0.307. The third-order valence-electron chi connectivity index (χ3n) is 2.21. The zero-order chi connectivity index (χ0) is 13.9. The number of alkyl halides is 3. The highest BCUT2D eigenvalue weighted by Gasteiger charge is 2.32. The van der Waals surface area contributed by atoms with Gasteiger partial charge in [0.05, 0.1) is 12.7 Å². The van der Waals surface area contributed by atoms with Crippen LogP contribution >= 0.6 is 0 Å². The molecule has 0 aliphatic rings. The van der Waals surface area contributed by atoms with Crippen LogP contribution in [0, 0.1) is 0 Å². The van der Waals surface area contributed by atoms with Crippen LogP contribution in [0.3, 0.4) is 0 Å². The quantitative estimate of drug-likeness (QED) is 0.798. The van der Waals surface area contributed by atoms with E-state index in [-0.39, 0.29) is 23.6 Å². The third kappa shape index (κ3) is 3.54. The standard InChI is InChI=1S/C11H8F3N3O2/c12-11(13,14)19-10-4-2-1-3-8(10)5-17-6-9(7-18)15-16-17/h1-4,6-7H,5H2. The number of hydrogen-bond acceptors (Lipinski definition) is 4. The van der Waals surface area contributed by atoms with Crippen molar-refractivity contribution in [3.8, 4) is 5.75 Å². The smallest absolute Gasteiger partial charge is 0.405 e. The van der Waals surface area contributed by atoms with Gasteiger partial charge < -0.3 is 4.74 Å². The Morgan fingerprint density at radius 3 is 2.68 bits per heavy atom. The van der Waals surface area contributed by atoms with Crippen LogP contribution in [0.5, 0.6) is 5.75 Å². The molecule has 8 heteroatoms. The van der Waals surface area contributed by atoms with Crippen molar-refractivity contribution in [1.29, 1.82) is 0 Å². The molecule has 2 aromatic rings. The molecule has 5 nitrogen and oxygen atoms in total. The Kier molecular flexibility index (Phi) is 3.50. The molecule has 1 aromatic carbocycles. The van der Waals surface area contributed by atoms with E-state index in [0.29, 0.717) is 6.29 Å². The van der Waals surface area contributed by atoms with Gasteiger partial charge in [-0.05, 0) is 6.07 Å². The Balaban J connectivity index is 2.22. The first-order valence-corrected chi connectivity index (χ1v) is 5.17. The van der Waals surface area contributed by atoms with E-state index in [2.05, 4.69) is 15.0 Å². The minimum Gasteiger partial charge on any atom is -0.405 e. The Hall–Kier alpha value is -2.38. The van der Waals surface area contributed by atoms with Crippen LogP contribution in [0.2, 0.25) is 0 Å². The van der Waals surface area contributed by atoms with Gasteiger partial charge in [0.1, 0.15) is 11.4 Å². The van der Waals surface area contributed by atoms with Crippen molar-refractivity contribution in [2.24, 2.45) is 0 Å². The van der Waals surface area contributed by atoms with Gasteiger partial charge in [-0.25, -0.2) is 4.68 Å². The third-order valence-corrected chi connectivity index (χ3v) is 2.21. The molecule has 0 saturated carbocycles. The number of aldehydes is 1. The topological polar surface area (TPSA) is 57.0 Å². The van der Waals surface area contributed by atoms with E-state index in [1.165, 1.54) is 29.1 Å². The number of ether oxygens (including phenoxy) is 1. The Morgan fingerprint density at radius 2 is 2.05 bits per heavy atom. The molecule has 0 amide bonds. The van der Waals surface area contributed by atoms with E-state index in [1.807, 2.05) is 0 Å². The summed E-state index contributed by atoms with van der Waals surface area (Å²) in [6.45, 7) is 0.0209. The first-order chi connectivity index (χ1) is 8.98. The summed E-state index contributed by atoms with van der Waals surface area (Å²) in [6.07, 6.45) is -2.93. The van der Waals surface area contributed by atoms with Gasteiger partial charge in [-0.2, -0.15) is 0 Å². The van der Waals surface area contributed by atoms with Gasteiger partial charge >= 0.3 is 6.36 Å². The Bertz CT molecular complexity index is 581. The second-order valence-corrected chi connectivity index (χ2v) is 3.61. The molecule has 0 N–H and O–H groups in total. The highest BCUT2D eigenvalue weighted by Crippen LogP contribution is 2.26. The molecule has 19 heavy (non-hydrogen) atoms. The number of hydrogen-bond donors (Lipinski definition) is 0. The van der Waals surface area contributed by atoms with Crippen LogP contribution in [0.4, 0.5) is 13.2 Å². The highest BCUT2D eigenvalue weighted by molar-refractivity contribution is 5.70. The van der Waals surface area contributed by atoms with E-state index in [1.54, 1.807) is 6.07 Å². The summed E-state index contributed by atoms with van der Waals surface area (Å²) in [4.78, 5) is 10.4. The number of para-hydroxylation sites is 1. The monoisotopic (exact) mass is 271 g/mol. The molecule has 1 heterocycles. The molecule has 0 bridgehead atoms. The van der Waals surface area contributed by atoms with Gasteiger partial charge in [-0.15, -0.1) is 18.3 Å². The van der Waals surface area contributed by atoms with Crippen molar-refractivity contribution < 1.29 is 22.7 Å². The number of nitrogens with zero attached hydrogens (tertiary/aromatic N) is 3. The molecule has 0 spiro atoms. The number of halogens is 3. The van der Waals surface area contributed by atoms with Crippen molar-refractivity contribution in [2.45, 2.75) is 12.9 Å². The van der Waals surface area contributed by atoms with Crippen LogP contribution in [0.1, 0.15) is 16.1 Å². The molecule has 0 atom stereocenters. The van der Waals surface area contributed by atoms with Crippen LogP contribution in [0.15, 0.2) is 30.5 Å². The first kappa shape index (κ1) is 13.1. The van der Waals surface area contributed by atoms with Gasteiger partial charge in [-0.3, -0.25) is 4.79 Å². The lowest BCUT2D eigenvalue weighted by Crippen LogP contribution is -2.18. The largest absolute Gasteiger partial charge is 0.573 e. The maximum absolute atomic E-state index is 12.2. The summed E-state index contributed by atoms with van der Waals surface area (Å²) in [5, 5.41) is 7.14. The maximum atomic E-state index is 12.2. The lowest BCUT2D eigenvalue weighted by molar-refractivity contribution is -0.274. The molecular weight excluding hydrogens is 263 g/mol. The average Bonchev–Trinajstić information content (AvgIpc) is 2.78.